The van der Waals surface area contributed by atoms with E-state index in [0.717, 1.165) is 19.3 Å². The van der Waals surface area contributed by atoms with E-state index in [0.29, 0.717) is 83.6 Å². The third-order valence-electron chi connectivity index (χ3n) is 10.6. The van der Waals surface area contributed by atoms with E-state index in [1.54, 1.807) is 14.2 Å². The van der Waals surface area contributed by atoms with Gasteiger partial charge in [-0.25, -0.2) is 28.0 Å². The second-order valence-corrected chi connectivity index (χ2v) is 15.3. The van der Waals surface area contributed by atoms with Crippen molar-refractivity contribution in [2.45, 2.75) is 101 Å². The summed E-state index contributed by atoms with van der Waals surface area (Å²) in [5, 5.41) is 3.95. The number of ether oxygens (including phenoxy) is 1. The second-order valence-electron chi connectivity index (χ2n) is 13.1. The van der Waals surface area contributed by atoms with Gasteiger partial charge in [0.25, 0.3) is 0 Å². The molecule has 0 spiro atoms. The number of piperidine rings is 3. The number of carbonyl (C=O) groups excluding carboxylic acids is 2. The highest BCUT2D eigenvalue weighted by Gasteiger charge is 2.59. The van der Waals surface area contributed by atoms with Gasteiger partial charge in [0.15, 0.2) is 0 Å². The summed E-state index contributed by atoms with van der Waals surface area (Å²) in [5.74, 6) is -0.706. The zero-order valence-electron chi connectivity index (χ0n) is 24.7. The molecule has 4 unspecified atom stereocenters. The molecule has 0 aromatic heterocycles. The first kappa shape index (κ1) is 31.8. The minimum Gasteiger partial charge on any atom is -0.453 e. The largest absolute Gasteiger partial charge is 0.453 e. The molecule has 4 atom stereocenters. The number of hydrogen-bond acceptors (Lipinski definition) is 7. The number of hydrazine groups is 1. The molecule has 1 aliphatic carbocycles. The van der Waals surface area contributed by atoms with E-state index in [9.17, 15) is 31.2 Å². The fourth-order valence-electron chi connectivity index (χ4n) is 8.00. The molecular formula is C28H46F3N5O5S. The van der Waals surface area contributed by atoms with Crippen LogP contribution in [0.4, 0.5) is 18.0 Å². The number of nitrogens with one attached hydrogen (secondary N) is 2. The molecular weight excluding hydrogens is 575 g/mol. The Labute approximate surface area is 247 Å². The minimum absolute atomic E-state index is 0.0864. The van der Waals surface area contributed by atoms with E-state index in [2.05, 4.69) is 22.4 Å². The molecule has 4 saturated heterocycles. The zero-order chi connectivity index (χ0) is 30.2. The molecule has 0 aromatic rings. The maximum Gasteiger partial charge on any atom is 0.407 e. The van der Waals surface area contributed by atoms with Crippen molar-refractivity contribution in [1.82, 2.24) is 25.0 Å². The SMILES string of the molecule is COC(=O)NC1CCC(S(=O)(=O)N2CCC(C3CCN4NC(C(F)(F)F)C(C(=O)N5CCC(C)CC5)C4C3)CC2)CC1. The number of methoxy groups -OCH3 is 1. The lowest BCUT2D eigenvalue weighted by molar-refractivity contribution is -0.172. The van der Waals surface area contributed by atoms with E-state index in [1.165, 1.54) is 7.11 Å². The number of nitrogens with zero attached hydrogens (tertiary/aromatic N) is 3. The highest BCUT2D eigenvalue weighted by atomic mass is 32.2. The number of sulfonamides is 1. The van der Waals surface area contributed by atoms with Crippen LogP contribution in [0.15, 0.2) is 0 Å². The first-order valence-electron chi connectivity index (χ1n) is 15.6. The van der Waals surface area contributed by atoms with E-state index < -0.39 is 45.5 Å². The summed E-state index contributed by atoms with van der Waals surface area (Å²) in [6.45, 7) is 4.40. The fourth-order valence-corrected chi connectivity index (χ4v) is 10.0. The molecule has 0 bridgehead atoms. The lowest BCUT2D eigenvalue weighted by Crippen LogP contribution is -2.52. The summed E-state index contributed by atoms with van der Waals surface area (Å²) in [4.78, 5) is 26.7. The Bertz CT molecular complexity index is 1070. The Kier molecular flexibility index (Phi) is 9.66. The van der Waals surface area contributed by atoms with E-state index >= 15 is 0 Å². The van der Waals surface area contributed by atoms with Crippen molar-refractivity contribution in [3.8, 4) is 0 Å². The smallest absolute Gasteiger partial charge is 0.407 e. The van der Waals surface area contributed by atoms with Crippen LogP contribution in [0.25, 0.3) is 0 Å². The van der Waals surface area contributed by atoms with Gasteiger partial charge in [-0.3, -0.25) is 4.79 Å². The van der Waals surface area contributed by atoms with Crippen LogP contribution in [-0.2, 0) is 19.6 Å². The standard InChI is InChI=1S/C28H46F3N5O5S/c1-18-7-12-34(13-8-18)26(37)24-23-17-20(11-16-36(23)33-25(24)28(29,30)31)19-9-14-35(15-10-19)42(39,40)22-5-3-21(4-6-22)32-27(38)41-2/h18-25,33H,3-17H2,1-2H3,(H,32,38). The molecule has 2 amide bonds. The predicted octanol–water partition coefficient (Wildman–Crippen LogP) is 3.10. The quantitative estimate of drug-likeness (QED) is 0.486. The normalized spacial score (nSPS) is 34.6. The third kappa shape index (κ3) is 6.71. The topological polar surface area (TPSA) is 111 Å². The molecule has 5 rings (SSSR count). The summed E-state index contributed by atoms with van der Waals surface area (Å²) in [6.07, 6.45) is 1.31. The van der Waals surface area contributed by atoms with Crippen molar-refractivity contribution < 1.29 is 35.9 Å². The van der Waals surface area contributed by atoms with Crippen LogP contribution in [-0.4, -0.2) is 104 Å². The van der Waals surface area contributed by atoms with Crippen molar-refractivity contribution >= 4 is 22.0 Å². The Morgan fingerprint density at radius 1 is 0.881 bits per heavy atom. The molecule has 4 aliphatic heterocycles. The van der Waals surface area contributed by atoms with Crippen LogP contribution in [0.1, 0.15) is 71.1 Å². The van der Waals surface area contributed by atoms with Crippen LogP contribution in [0.5, 0.6) is 0 Å². The summed E-state index contributed by atoms with van der Waals surface area (Å²) in [7, 11) is -2.17. The van der Waals surface area contributed by atoms with E-state index in [1.807, 2.05) is 0 Å². The number of fused-ring (bicyclic) bond motifs is 1. The van der Waals surface area contributed by atoms with Gasteiger partial charge in [-0.2, -0.15) is 13.2 Å². The number of alkyl halides is 3. The number of likely N-dealkylation sites (tertiary alicyclic amines) is 1. The lowest BCUT2D eigenvalue weighted by Gasteiger charge is -2.43. The van der Waals surface area contributed by atoms with Crippen molar-refractivity contribution in [3.63, 3.8) is 0 Å². The molecule has 1 saturated carbocycles. The lowest BCUT2D eigenvalue weighted by atomic mass is 9.74. The number of halogens is 3. The van der Waals surface area contributed by atoms with Crippen LogP contribution < -0.4 is 10.7 Å². The summed E-state index contributed by atoms with van der Waals surface area (Å²) >= 11 is 0. The molecule has 0 aromatic carbocycles. The second kappa shape index (κ2) is 12.8. The number of rotatable bonds is 5. The van der Waals surface area contributed by atoms with Crippen molar-refractivity contribution in [2.24, 2.45) is 23.7 Å². The van der Waals surface area contributed by atoms with Crippen LogP contribution in [0, 0.1) is 23.7 Å². The van der Waals surface area contributed by atoms with Gasteiger partial charge in [0, 0.05) is 44.8 Å². The van der Waals surface area contributed by atoms with Gasteiger partial charge < -0.3 is 15.0 Å². The van der Waals surface area contributed by atoms with Crippen molar-refractivity contribution in [3.05, 3.63) is 0 Å². The maximum absolute atomic E-state index is 14.1. The van der Waals surface area contributed by atoms with Crippen LogP contribution in [0.3, 0.4) is 0 Å². The average Bonchev–Trinajstić information content (AvgIpc) is 3.37. The van der Waals surface area contributed by atoms with E-state index in [4.69, 9.17) is 0 Å². The summed E-state index contributed by atoms with van der Waals surface area (Å²) < 4.78 is 75.5. The van der Waals surface area contributed by atoms with Crippen LogP contribution >= 0.6 is 0 Å². The first-order valence-corrected chi connectivity index (χ1v) is 17.1. The van der Waals surface area contributed by atoms with Gasteiger partial charge in [0.05, 0.1) is 18.3 Å². The summed E-state index contributed by atoms with van der Waals surface area (Å²) in [5.41, 5.74) is 2.66. The van der Waals surface area contributed by atoms with Gasteiger partial charge in [-0.1, -0.05) is 6.92 Å². The van der Waals surface area contributed by atoms with Crippen LogP contribution in [0.2, 0.25) is 0 Å². The Morgan fingerprint density at radius 3 is 2.10 bits per heavy atom. The number of carbonyl (C=O) groups is 2. The molecule has 10 nitrogen and oxygen atoms in total. The van der Waals surface area contributed by atoms with Gasteiger partial charge in [0.2, 0.25) is 15.9 Å². The van der Waals surface area contributed by atoms with Gasteiger partial charge in [-0.15, -0.1) is 0 Å². The zero-order valence-corrected chi connectivity index (χ0v) is 25.5. The van der Waals surface area contributed by atoms with Crippen molar-refractivity contribution in [1.29, 1.82) is 0 Å². The molecule has 14 heteroatoms. The predicted molar refractivity (Wildman–Crippen MR) is 149 cm³/mol. The Morgan fingerprint density at radius 2 is 1.50 bits per heavy atom. The molecule has 0 radical (unpaired) electrons. The number of amides is 2. The highest BCUT2D eigenvalue weighted by molar-refractivity contribution is 7.89. The highest BCUT2D eigenvalue weighted by Crippen LogP contribution is 2.44. The number of alkyl carbamates (subject to hydrolysis) is 1. The molecule has 5 fully saturated rings. The molecule has 2 N–H and O–H groups in total. The van der Waals surface area contributed by atoms with Gasteiger partial charge >= 0.3 is 12.3 Å². The monoisotopic (exact) mass is 621 g/mol. The van der Waals surface area contributed by atoms with E-state index in [-0.39, 0.29) is 23.8 Å². The molecule has 4 heterocycles. The number of hydrogen-bond donors (Lipinski definition) is 2. The minimum atomic E-state index is -4.52. The first-order chi connectivity index (χ1) is 19.9. The Hall–Kier alpha value is -1.64. The molecule has 240 valence electrons. The molecule has 5 aliphatic rings. The van der Waals surface area contributed by atoms with Crippen molar-refractivity contribution in [2.75, 3.05) is 39.8 Å². The Balaban J connectivity index is 1.18. The third-order valence-corrected chi connectivity index (χ3v) is 13.0. The fraction of sp³-hybridized carbons (Fsp3) is 0.929. The van der Waals surface area contributed by atoms with Gasteiger partial charge in [-0.05, 0) is 82.0 Å². The van der Waals surface area contributed by atoms with Gasteiger partial charge in [0.1, 0.15) is 6.04 Å². The maximum atomic E-state index is 14.1. The summed E-state index contributed by atoms with van der Waals surface area (Å²) in [6, 6.07) is -2.48. The average molecular weight is 622 g/mol. The molecule has 42 heavy (non-hydrogen) atoms.